The Hall–Kier alpha value is -0.0900. The first-order valence-electron chi connectivity index (χ1n) is 9.14. The molecule has 2 heterocycles. The van der Waals surface area contributed by atoms with E-state index in [2.05, 4.69) is 43.3 Å². The third-order valence-corrected chi connectivity index (χ3v) is 6.50. The molecule has 0 bridgehead atoms. The molecule has 148 valence electrons. The average molecular weight is 487 g/mol. The Labute approximate surface area is 169 Å². The van der Waals surface area contributed by atoms with E-state index in [1.807, 2.05) is 0 Å². The van der Waals surface area contributed by atoms with Crippen LogP contribution in [0, 0.1) is 11.8 Å². The second-order valence-corrected chi connectivity index (χ2v) is 10.0. The van der Waals surface area contributed by atoms with Crippen LogP contribution in [0.3, 0.4) is 0 Å². The van der Waals surface area contributed by atoms with Gasteiger partial charge in [-0.15, -0.1) is 24.0 Å². The molecule has 0 aromatic carbocycles. The molecule has 0 aromatic rings. The second-order valence-electron chi connectivity index (χ2n) is 7.78. The van der Waals surface area contributed by atoms with Crippen molar-refractivity contribution in [2.24, 2.45) is 16.8 Å². The van der Waals surface area contributed by atoms with Crippen LogP contribution in [0.15, 0.2) is 4.99 Å². The molecule has 3 atom stereocenters. The molecule has 2 aliphatic rings. The standard InChI is InChI=1S/C17H33N3O3S.HI/c1-12(2)16-9-15(5-7-23-16)20-17(19-13(3)4)18-10-14-6-8-24(21,22)11-14;/h12-16H,5-11H2,1-4H3,(H2,18,19,20);1H. The highest BCUT2D eigenvalue weighted by Crippen LogP contribution is 2.21. The number of rotatable bonds is 5. The van der Waals surface area contributed by atoms with E-state index in [9.17, 15) is 8.42 Å². The number of hydrogen-bond donors (Lipinski definition) is 2. The van der Waals surface area contributed by atoms with Crippen molar-refractivity contribution in [3.63, 3.8) is 0 Å². The fraction of sp³-hybridized carbons (Fsp3) is 0.941. The summed E-state index contributed by atoms with van der Waals surface area (Å²) < 4.78 is 29.0. The topological polar surface area (TPSA) is 79.8 Å². The van der Waals surface area contributed by atoms with Gasteiger partial charge in [-0.25, -0.2) is 8.42 Å². The van der Waals surface area contributed by atoms with Crippen LogP contribution in [-0.4, -0.2) is 57.2 Å². The van der Waals surface area contributed by atoms with Gasteiger partial charge in [0, 0.05) is 25.2 Å². The van der Waals surface area contributed by atoms with E-state index in [1.165, 1.54) is 0 Å². The van der Waals surface area contributed by atoms with Crippen molar-refractivity contribution in [3.05, 3.63) is 0 Å². The summed E-state index contributed by atoms with van der Waals surface area (Å²) in [6, 6.07) is 0.632. The molecular formula is C17H34IN3O3S. The molecule has 3 unspecified atom stereocenters. The van der Waals surface area contributed by atoms with Gasteiger partial charge in [0.25, 0.3) is 0 Å². The summed E-state index contributed by atoms with van der Waals surface area (Å²) in [5, 5.41) is 6.89. The van der Waals surface area contributed by atoms with E-state index in [4.69, 9.17) is 4.74 Å². The van der Waals surface area contributed by atoms with Crippen molar-refractivity contribution in [1.29, 1.82) is 0 Å². The van der Waals surface area contributed by atoms with Crippen LogP contribution in [0.25, 0.3) is 0 Å². The molecule has 0 amide bonds. The molecule has 2 aliphatic heterocycles. The molecule has 0 saturated carbocycles. The van der Waals surface area contributed by atoms with Crippen LogP contribution in [-0.2, 0) is 14.6 Å². The first kappa shape index (κ1) is 23.0. The Morgan fingerprint density at radius 3 is 2.52 bits per heavy atom. The number of nitrogens with one attached hydrogen (secondary N) is 2. The zero-order chi connectivity index (χ0) is 17.7. The first-order chi connectivity index (χ1) is 11.2. The number of hydrogen-bond acceptors (Lipinski definition) is 4. The molecule has 8 heteroatoms. The van der Waals surface area contributed by atoms with E-state index in [-0.39, 0.29) is 47.8 Å². The summed E-state index contributed by atoms with van der Waals surface area (Å²) in [7, 11) is -2.84. The quantitative estimate of drug-likeness (QED) is 0.353. The Balaban J connectivity index is 0.00000312. The lowest BCUT2D eigenvalue weighted by Crippen LogP contribution is -2.49. The molecule has 0 spiro atoms. The summed E-state index contributed by atoms with van der Waals surface area (Å²) in [6.07, 6.45) is 2.97. The maximum absolute atomic E-state index is 11.6. The van der Waals surface area contributed by atoms with Gasteiger partial charge in [0.2, 0.25) is 0 Å². The van der Waals surface area contributed by atoms with Crippen LogP contribution >= 0.6 is 24.0 Å². The summed E-state index contributed by atoms with van der Waals surface area (Å²) in [5.74, 6) is 2.04. The first-order valence-corrected chi connectivity index (χ1v) is 11.0. The minimum absolute atomic E-state index is 0. The number of aliphatic imine (C=N–C) groups is 1. The van der Waals surface area contributed by atoms with Gasteiger partial charge < -0.3 is 15.4 Å². The van der Waals surface area contributed by atoms with E-state index < -0.39 is 9.84 Å². The molecule has 6 nitrogen and oxygen atoms in total. The van der Waals surface area contributed by atoms with Crippen molar-refractivity contribution < 1.29 is 13.2 Å². The third-order valence-electron chi connectivity index (χ3n) is 4.66. The van der Waals surface area contributed by atoms with E-state index in [1.54, 1.807) is 0 Å². The van der Waals surface area contributed by atoms with Crippen LogP contribution in [0.4, 0.5) is 0 Å². The minimum atomic E-state index is -2.84. The Morgan fingerprint density at radius 1 is 1.24 bits per heavy atom. The fourth-order valence-corrected chi connectivity index (χ4v) is 5.11. The van der Waals surface area contributed by atoms with E-state index in [0.29, 0.717) is 24.3 Å². The highest BCUT2D eigenvalue weighted by molar-refractivity contribution is 14.0. The number of guanidine groups is 1. The molecule has 2 rings (SSSR count). The predicted octanol–water partition coefficient (Wildman–Crippen LogP) is 2.19. The van der Waals surface area contributed by atoms with Gasteiger partial charge in [-0.3, -0.25) is 4.99 Å². The van der Waals surface area contributed by atoms with Gasteiger partial charge in [-0.2, -0.15) is 0 Å². The molecule has 2 fully saturated rings. The van der Waals surface area contributed by atoms with Crippen molar-refractivity contribution >= 4 is 39.8 Å². The van der Waals surface area contributed by atoms with Crippen LogP contribution < -0.4 is 10.6 Å². The molecule has 0 radical (unpaired) electrons. The number of nitrogens with zero attached hydrogens (tertiary/aromatic N) is 1. The van der Waals surface area contributed by atoms with E-state index >= 15 is 0 Å². The molecule has 25 heavy (non-hydrogen) atoms. The lowest BCUT2D eigenvalue weighted by molar-refractivity contribution is -0.0217. The van der Waals surface area contributed by atoms with Crippen LogP contribution in [0.5, 0.6) is 0 Å². The average Bonchev–Trinajstić information content (AvgIpc) is 2.84. The zero-order valence-electron chi connectivity index (χ0n) is 15.8. The predicted molar refractivity (Wildman–Crippen MR) is 113 cm³/mol. The summed E-state index contributed by atoms with van der Waals surface area (Å²) in [5.41, 5.74) is 0. The maximum Gasteiger partial charge on any atom is 0.191 e. The Morgan fingerprint density at radius 2 is 1.96 bits per heavy atom. The van der Waals surface area contributed by atoms with Gasteiger partial charge in [0.15, 0.2) is 15.8 Å². The van der Waals surface area contributed by atoms with Crippen molar-refractivity contribution in [3.8, 4) is 0 Å². The lowest BCUT2D eigenvalue weighted by Gasteiger charge is -2.33. The zero-order valence-corrected chi connectivity index (χ0v) is 19.0. The van der Waals surface area contributed by atoms with E-state index in [0.717, 1.165) is 31.8 Å². The maximum atomic E-state index is 11.6. The number of sulfone groups is 1. The van der Waals surface area contributed by atoms with Crippen molar-refractivity contribution in [2.75, 3.05) is 24.7 Å². The van der Waals surface area contributed by atoms with Gasteiger partial charge in [-0.1, -0.05) is 13.8 Å². The largest absolute Gasteiger partial charge is 0.378 e. The van der Waals surface area contributed by atoms with Gasteiger partial charge in [-0.05, 0) is 44.9 Å². The van der Waals surface area contributed by atoms with Gasteiger partial charge in [0.1, 0.15) is 0 Å². The van der Waals surface area contributed by atoms with Crippen molar-refractivity contribution in [1.82, 2.24) is 10.6 Å². The molecule has 2 saturated heterocycles. The Kier molecular flexibility index (Phi) is 9.45. The monoisotopic (exact) mass is 487 g/mol. The molecule has 2 N–H and O–H groups in total. The van der Waals surface area contributed by atoms with Gasteiger partial charge in [0.05, 0.1) is 17.6 Å². The Bertz CT molecular complexity index is 537. The second kappa shape index (κ2) is 10.3. The molecule has 0 aromatic heterocycles. The van der Waals surface area contributed by atoms with Crippen LogP contribution in [0.1, 0.15) is 47.0 Å². The SMILES string of the molecule is CC(C)NC(=NCC1CCS(=O)(=O)C1)NC1CCOC(C(C)C)C1.I. The number of ether oxygens (including phenoxy) is 1. The summed E-state index contributed by atoms with van der Waals surface area (Å²) in [4.78, 5) is 4.66. The minimum Gasteiger partial charge on any atom is -0.378 e. The summed E-state index contributed by atoms with van der Waals surface area (Å²) in [6.45, 7) is 9.88. The third kappa shape index (κ3) is 7.99. The highest BCUT2D eigenvalue weighted by atomic mass is 127. The van der Waals surface area contributed by atoms with Crippen LogP contribution in [0.2, 0.25) is 0 Å². The fourth-order valence-electron chi connectivity index (χ4n) is 3.26. The smallest absolute Gasteiger partial charge is 0.191 e. The van der Waals surface area contributed by atoms with Crippen molar-refractivity contribution in [2.45, 2.75) is 65.1 Å². The molecular weight excluding hydrogens is 453 g/mol. The lowest BCUT2D eigenvalue weighted by atomic mass is 9.95. The highest BCUT2D eigenvalue weighted by Gasteiger charge is 2.28. The van der Waals surface area contributed by atoms with Gasteiger partial charge >= 0.3 is 0 Å². The normalized spacial score (nSPS) is 29.5. The molecule has 0 aliphatic carbocycles. The number of halogens is 1. The summed E-state index contributed by atoms with van der Waals surface area (Å²) >= 11 is 0.